The van der Waals surface area contributed by atoms with Gasteiger partial charge in [0.15, 0.2) is 0 Å². The molecule has 98 valence electrons. The van der Waals surface area contributed by atoms with Crippen molar-refractivity contribution in [2.75, 3.05) is 0 Å². The van der Waals surface area contributed by atoms with Crippen LogP contribution in [0.4, 0.5) is 0 Å². The lowest BCUT2D eigenvalue weighted by atomic mass is 9.89. The number of aliphatic hydroxyl groups is 1. The normalized spacial score (nSPS) is 22.0. The second-order valence-corrected chi connectivity index (χ2v) is 5.21. The largest absolute Gasteiger partial charge is 0.393 e. The number of carbonyl (C=O) groups is 1. The van der Waals surface area contributed by atoms with Crippen LogP contribution >= 0.6 is 11.6 Å². The molecule has 1 aliphatic rings. The Labute approximate surface area is 115 Å². The molecule has 5 heteroatoms. The molecule has 0 spiro atoms. The van der Waals surface area contributed by atoms with Gasteiger partial charge in [0.1, 0.15) is 5.69 Å². The minimum atomic E-state index is -0.293. The van der Waals surface area contributed by atoms with Crippen molar-refractivity contribution < 1.29 is 9.90 Å². The molecule has 1 aromatic heterocycles. The van der Waals surface area contributed by atoms with E-state index < -0.39 is 0 Å². The molecule has 4 nitrogen and oxygen atoms in total. The molecule has 1 aliphatic carbocycles. The lowest BCUT2D eigenvalue weighted by Crippen LogP contribution is -2.46. The fourth-order valence-corrected chi connectivity index (χ4v) is 2.48. The van der Waals surface area contributed by atoms with Crippen LogP contribution in [-0.4, -0.2) is 28.1 Å². The van der Waals surface area contributed by atoms with E-state index in [1.807, 2.05) is 24.3 Å². The Balaban J connectivity index is 1.86. The minimum Gasteiger partial charge on any atom is -0.393 e. The molecule has 1 fully saturated rings. The van der Waals surface area contributed by atoms with E-state index in [4.69, 9.17) is 11.6 Å². The Hall–Kier alpha value is -1.65. The van der Waals surface area contributed by atoms with Gasteiger partial charge in [-0.05, 0) is 25.0 Å². The van der Waals surface area contributed by atoms with Crippen molar-refractivity contribution in [1.29, 1.82) is 0 Å². The van der Waals surface area contributed by atoms with Crippen molar-refractivity contribution in [1.82, 2.24) is 10.3 Å². The molecular formula is C14H13ClN2O2. The summed E-state index contributed by atoms with van der Waals surface area (Å²) in [6.07, 6.45) is 0.915. The van der Waals surface area contributed by atoms with Crippen molar-refractivity contribution in [3.63, 3.8) is 0 Å². The van der Waals surface area contributed by atoms with Crippen molar-refractivity contribution in [3.8, 4) is 0 Å². The molecule has 1 aromatic carbocycles. The smallest absolute Gasteiger partial charge is 0.270 e. The topological polar surface area (TPSA) is 62.2 Å². The van der Waals surface area contributed by atoms with Gasteiger partial charge in [0.05, 0.1) is 16.6 Å². The quantitative estimate of drug-likeness (QED) is 0.883. The molecule has 0 atom stereocenters. The number of para-hydroxylation sites is 1. The zero-order valence-corrected chi connectivity index (χ0v) is 10.9. The molecular weight excluding hydrogens is 264 g/mol. The third kappa shape index (κ3) is 2.41. The highest BCUT2D eigenvalue weighted by molar-refractivity contribution is 6.35. The molecule has 2 N–H and O–H groups in total. The van der Waals surface area contributed by atoms with Gasteiger partial charge in [-0.1, -0.05) is 29.8 Å². The number of aromatic nitrogens is 1. The summed E-state index contributed by atoms with van der Waals surface area (Å²) < 4.78 is 0. The van der Waals surface area contributed by atoms with Crippen LogP contribution in [-0.2, 0) is 0 Å². The molecule has 0 unspecified atom stereocenters. The summed E-state index contributed by atoms with van der Waals surface area (Å²) >= 11 is 6.15. The molecule has 0 aliphatic heterocycles. The van der Waals surface area contributed by atoms with Gasteiger partial charge in [0, 0.05) is 11.4 Å². The predicted octanol–water partition coefficient (Wildman–Crippen LogP) is 2.14. The summed E-state index contributed by atoms with van der Waals surface area (Å²) in [5.41, 5.74) is 1.01. The number of pyridine rings is 1. The Morgan fingerprint density at radius 3 is 2.84 bits per heavy atom. The first kappa shape index (κ1) is 12.4. The van der Waals surface area contributed by atoms with Crippen molar-refractivity contribution in [2.24, 2.45) is 0 Å². The maximum absolute atomic E-state index is 12.0. The van der Waals surface area contributed by atoms with Crippen LogP contribution in [0.3, 0.4) is 0 Å². The maximum Gasteiger partial charge on any atom is 0.270 e. The average Bonchev–Trinajstić information content (AvgIpc) is 2.37. The summed E-state index contributed by atoms with van der Waals surface area (Å²) in [6.45, 7) is 0. The fraction of sp³-hybridized carbons (Fsp3) is 0.286. The monoisotopic (exact) mass is 276 g/mol. The van der Waals surface area contributed by atoms with Crippen LogP contribution in [0.1, 0.15) is 23.3 Å². The first-order valence-electron chi connectivity index (χ1n) is 6.17. The van der Waals surface area contributed by atoms with Crippen LogP contribution in [0.15, 0.2) is 30.3 Å². The summed E-state index contributed by atoms with van der Waals surface area (Å²) in [4.78, 5) is 16.3. The first-order chi connectivity index (χ1) is 9.13. The van der Waals surface area contributed by atoms with Crippen molar-refractivity contribution in [2.45, 2.75) is 25.0 Å². The Bertz CT molecular complexity index is 638. The maximum atomic E-state index is 12.0. The van der Waals surface area contributed by atoms with E-state index in [1.54, 1.807) is 6.07 Å². The van der Waals surface area contributed by atoms with Gasteiger partial charge < -0.3 is 10.4 Å². The Morgan fingerprint density at radius 2 is 2.11 bits per heavy atom. The minimum absolute atomic E-state index is 0.0366. The number of rotatable bonds is 2. The third-order valence-corrected chi connectivity index (χ3v) is 3.66. The third-order valence-electron chi connectivity index (χ3n) is 3.35. The number of carbonyl (C=O) groups excluding carboxylic acids is 1. The second kappa shape index (κ2) is 4.79. The van der Waals surface area contributed by atoms with E-state index >= 15 is 0 Å². The van der Waals surface area contributed by atoms with Crippen LogP contribution < -0.4 is 5.32 Å². The van der Waals surface area contributed by atoms with Gasteiger partial charge in [-0.25, -0.2) is 4.98 Å². The molecule has 2 aromatic rings. The van der Waals surface area contributed by atoms with E-state index in [-0.39, 0.29) is 18.1 Å². The highest BCUT2D eigenvalue weighted by Gasteiger charge is 2.29. The lowest BCUT2D eigenvalue weighted by molar-refractivity contribution is 0.0560. The van der Waals surface area contributed by atoms with Crippen LogP contribution in [0, 0.1) is 0 Å². The van der Waals surface area contributed by atoms with Gasteiger partial charge in [-0.15, -0.1) is 0 Å². The number of hydrogen-bond donors (Lipinski definition) is 2. The second-order valence-electron chi connectivity index (χ2n) is 4.80. The van der Waals surface area contributed by atoms with Crippen molar-refractivity contribution in [3.05, 3.63) is 41.0 Å². The molecule has 1 amide bonds. The molecule has 0 saturated heterocycles. The first-order valence-corrected chi connectivity index (χ1v) is 6.55. The van der Waals surface area contributed by atoms with Gasteiger partial charge in [-0.3, -0.25) is 4.79 Å². The molecule has 0 radical (unpaired) electrons. The Kier molecular flexibility index (Phi) is 3.12. The fourth-order valence-electron chi connectivity index (χ4n) is 2.21. The summed E-state index contributed by atoms with van der Waals surface area (Å²) in [6, 6.07) is 9.05. The number of aliphatic hydroxyl groups excluding tert-OH is 1. The number of amides is 1. The lowest BCUT2D eigenvalue weighted by Gasteiger charge is -2.31. The summed E-state index contributed by atoms with van der Waals surface area (Å²) in [5, 5.41) is 13.4. The average molecular weight is 277 g/mol. The standard InChI is InChI=1S/C14H13ClN2O2/c15-11-7-13(14(19)16-8-5-9(18)6-8)17-12-4-2-1-3-10(11)12/h1-4,7-9,18H,5-6H2,(H,16,19). The van der Waals surface area contributed by atoms with E-state index in [1.165, 1.54) is 0 Å². The number of benzene rings is 1. The SMILES string of the molecule is O=C(NC1CC(O)C1)c1cc(Cl)c2ccccc2n1. The number of halogens is 1. The van der Waals surface area contributed by atoms with Gasteiger partial charge in [-0.2, -0.15) is 0 Å². The van der Waals surface area contributed by atoms with E-state index in [9.17, 15) is 9.90 Å². The number of hydrogen-bond acceptors (Lipinski definition) is 3. The number of nitrogens with one attached hydrogen (secondary N) is 1. The number of nitrogens with zero attached hydrogens (tertiary/aromatic N) is 1. The molecule has 0 bridgehead atoms. The van der Waals surface area contributed by atoms with Crippen LogP contribution in [0.25, 0.3) is 10.9 Å². The van der Waals surface area contributed by atoms with Gasteiger partial charge in [0.25, 0.3) is 5.91 Å². The van der Waals surface area contributed by atoms with Crippen LogP contribution in [0.5, 0.6) is 0 Å². The predicted molar refractivity (Wildman–Crippen MR) is 73.2 cm³/mol. The van der Waals surface area contributed by atoms with E-state index in [0.717, 1.165) is 5.39 Å². The van der Waals surface area contributed by atoms with Gasteiger partial charge in [0.2, 0.25) is 0 Å². The summed E-state index contributed by atoms with van der Waals surface area (Å²) in [5.74, 6) is -0.246. The van der Waals surface area contributed by atoms with E-state index in [2.05, 4.69) is 10.3 Å². The molecule has 1 heterocycles. The van der Waals surface area contributed by atoms with Crippen molar-refractivity contribution >= 4 is 28.4 Å². The highest BCUT2D eigenvalue weighted by Crippen LogP contribution is 2.24. The zero-order chi connectivity index (χ0) is 13.4. The number of fused-ring (bicyclic) bond motifs is 1. The molecule has 19 heavy (non-hydrogen) atoms. The molecule has 1 saturated carbocycles. The summed E-state index contributed by atoms with van der Waals surface area (Å²) in [7, 11) is 0. The van der Waals surface area contributed by atoms with E-state index in [0.29, 0.717) is 29.1 Å². The Morgan fingerprint density at radius 1 is 1.37 bits per heavy atom. The van der Waals surface area contributed by atoms with Gasteiger partial charge >= 0.3 is 0 Å². The zero-order valence-electron chi connectivity index (χ0n) is 10.1. The highest BCUT2D eigenvalue weighted by atomic mass is 35.5. The van der Waals surface area contributed by atoms with Crippen LogP contribution in [0.2, 0.25) is 5.02 Å². The molecule has 3 rings (SSSR count).